The van der Waals surface area contributed by atoms with Crippen LogP contribution in [0.1, 0.15) is 23.1 Å². The quantitative estimate of drug-likeness (QED) is 0.600. The van der Waals surface area contributed by atoms with Crippen LogP contribution in [0.5, 0.6) is 0 Å². The smallest absolute Gasteiger partial charge is 0.320 e. The number of carbonyl (C=O) groups is 1. The maximum Gasteiger partial charge on any atom is 0.320 e. The third-order valence-electron chi connectivity index (χ3n) is 2.98. The molecule has 2 aromatic heterocycles. The molecule has 9 nitrogen and oxygen atoms in total. The molecule has 0 atom stereocenters. The molecule has 2 heterocycles. The molecule has 0 unspecified atom stereocenters. The Morgan fingerprint density at radius 1 is 1.48 bits per heavy atom. The Morgan fingerprint density at radius 3 is 2.71 bits per heavy atom. The lowest BCUT2D eigenvalue weighted by atomic mass is 10.3. The molecule has 0 aromatic carbocycles. The first-order valence-electron chi connectivity index (χ1n) is 6.38. The summed E-state index contributed by atoms with van der Waals surface area (Å²) < 4.78 is 3.00. The summed E-state index contributed by atoms with van der Waals surface area (Å²) in [6.45, 7) is 2.51. The van der Waals surface area contributed by atoms with Crippen molar-refractivity contribution in [2.45, 2.75) is 20.0 Å². The Morgan fingerprint density at radius 2 is 2.19 bits per heavy atom. The fourth-order valence-electron chi connectivity index (χ4n) is 1.90. The number of nitrogens with zero attached hydrogens (tertiary/aromatic N) is 6. The summed E-state index contributed by atoms with van der Waals surface area (Å²) in [5.41, 5.74) is 0.265. The van der Waals surface area contributed by atoms with E-state index in [9.17, 15) is 14.9 Å². The summed E-state index contributed by atoms with van der Waals surface area (Å²) in [5.74, 6) is -0.500. The zero-order valence-electron chi connectivity index (χ0n) is 12.1. The highest BCUT2D eigenvalue weighted by Crippen LogP contribution is 2.18. The number of hydrogen-bond donors (Lipinski definition) is 0. The normalized spacial score (nSPS) is 10.6. The van der Waals surface area contributed by atoms with Crippen molar-refractivity contribution >= 4 is 11.6 Å². The van der Waals surface area contributed by atoms with E-state index in [1.807, 2.05) is 0 Å². The Bertz CT molecular complexity index is 674. The first kappa shape index (κ1) is 14.7. The van der Waals surface area contributed by atoms with Crippen LogP contribution in [-0.2, 0) is 20.1 Å². The Labute approximate surface area is 120 Å². The van der Waals surface area contributed by atoms with E-state index in [1.54, 1.807) is 38.0 Å². The van der Waals surface area contributed by atoms with E-state index in [1.165, 1.54) is 15.8 Å². The first-order valence-corrected chi connectivity index (χ1v) is 6.38. The van der Waals surface area contributed by atoms with Gasteiger partial charge in [0.2, 0.25) is 5.69 Å². The highest BCUT2D eigenvalue weighted by molar-refractivity contribution is 5.95. The van der Waals surface area contributed by atoms with Crippen LogP contribution < -0.4 is 0 Å². The van der Waals surface area contributed by atoms with E-state index in [0.29, 0.717) is 12.2 Å². The summed E-state index contributed by atoms with van der Waals surface area (Å²) in [7, 11) is 3.34. The first-order chi connectivity index (χ1) is 9.92. The van der Waals surface area contributed by atoms with Crippen molar-refractivity contribution in [2.24, 2.45) is 7.05 Å². The molecule has 0 bridgehead atoms. The van der Waals surface area contributed by atoms with E-state index in [0.717, 1.165) is 0 Å². The highest BCUT2D eigenvalue weighted by atomic mass is 16.6. The van der Waals surface area contributed by atoms with Gasteiger partial charge in [-0.1, -0.05) is 0 Å². The van der Waals surface area contributed by atoms with Gasteiger partial charge in [0.1, 0.15) is 6.20 Å². The van der Waals surface area contributed by atoms with Crippen LogP contribution in [0.4, 0.5) is 5.69 Å². The van der Waals surface area contributed by atoms with Gasteiger partial charge >= 0.3 is 5.69 Å². The van der Waals surface area contributed by atoms with Crippen LogP contribution in [0.25, 0.3) is 0 Å². The van der Waals surface area contributed by atoms with Gasteiger partial charge in [0.25, 0.3) is 5.91 Å². The lowest BCUT2D eigenvalue weighted by Gasteiger charge is -2.13. The fraction of sp³-hybridized carbons (Fsp3) is 0.417. The van der Waals surface area contributed by atoms with Gasteiger partial charge in [-0.15, -0.1) is 0 Å². The number of aryl methyl sites for hydroxylation is 2. The van der Waals surface area contributed by atoms with Gasteiger partial charge in [-0.3, -0.25) is 24.3 Å². The van der Waals surface area contributed by atoms with E-state index in [4.69, 9.17) is 0 Å². The van der Waals surface area contributed by atoms with Crippen molar-refractivity contribution in [3.05, 3.63) is 40.0 Å². The van der Waals surface area contributed by atoms with Gasteiger partial charge in [-0.2, -0.15) is 10.2 Å². The second-order valence-corrected chi connectivity index (χ2v) is 4.62. The van der Waals surface area contributed by atoms with Crippen LogP contribution in [-0.4, -0.2) is 42.3 Å². The Hall–Kier alpha value is -2.71. The predicted octanol–water partition coefficient (Wildman–Crippen LogP) is 0.817. The minimum atomic E-state index is -0.596. The maximum absolute atomic E-state index is 12.3. The van der Waals surface area contributed by atoms with Gasteiger partial charge < -0.3 is 4.90 Å². The average Bonchev–Trinajstić information content (AvgIpc) is 3.04. The van der Waals surface area contributed by atoms with Crippen molar-refractivity contribution in [1.29, 1.82) is 0 Å². The Kier molecular flexibility index (Phi) is 4.01. The van der Waals surface area contributed by atoms with Gasteiger partial charge in [0.15, 0.2) is 0 Å². The number of amides is 1. The molecule has 0 saturated heterocycles. The molecular weight excluding hydrogens is 276 g/mol. The summed E-state index contributed by atoms with van der Waals surface area (Å²) in [6, 6.07) is 1.78. The van der Waals surface area contributed by atoms with Crippen molar-refractivity contribution in [1.82, 2.24) is 24.5 Å². The van der Waals surface area contributed by atoms with Gasteiger partial charge in [-0.05, 0) is 13.0 Å². The number of hydrogen-bond acceptors (Lipinski definition) is 5. The SMILES string of the molecule is CCn1cc([N+](=O)[O-])c(C(=O)N(C)Cc2ccn(C)n2)n1. The summed E-state index contributed by atoms with van der Waals surface area (Å²) in [6.07, 6.45) is 3.03. The third-order valence-corrected chi connectivity index (χ3v) is 2.98. The average molecular weight is 292 g/mol. The van der Waals surface area contributed by atoms with Crippen molar-refractivity contribution in [3.63, 3.8) is 0 Å². The molecule has 0 fully saturated rings. The van der Waals surface area contributed by atoms with E-state index in [2.05, 4.69) is 10.2 Å². The maximum atomic E-state index is 12.3. The largest absolute Gasteiger partial charge is 0.334 e. The summed E-state index contributed by atoms with van der Waals surface area (Å²) >= 11 is 0. The minimum absolute atomic E-state index is 0.153. The molecular formula is C12H16N6O3. The minimum Gasteiger partial charge on any atom is -0.334 e. The fourth-order valence-corrected chi connectivity index (χ4v) is 1.90. The molecule has 0 spiro atoms. The lowest BCUT2D eigenvalue weighted by molar-refractivity contribution is -0.385. The van der Waals surface area contributed by atoms with E-state index >= 15 is 0 Å². The zero-order valence-corrected chi connectivity index (χ0v) is 12.1. The van der Waals surface area contributed by atoms with Gasteiger partial charge in [-0.25, -0.2) is 0 Å². The van der Waals surface area contributed by atoms with E-state index in [-0.39, 0.29) is 17.9 Å². The summed E-state index contributed by atoms with van der Waals surface area (Å²) in [5, 5.41) is 19.2. The molecule has 2 rings (SSSR count). The van der Waals surface area contributed by atoms with Crippen molar-refractivity contribution < 1.29 is 9.72 Å². The molecule has 21 heavy (non-hydrogen) atoms. The molecule has 0 saturated carbocycles. The Balaban J connectivity index is 2.22. The predicted molar refractivity (Wildman–Crippen MR) is 73.6 cm³/mol. The van der Waals surface area contributed by atoms with E-state index < -0.39 is 10.8 Å². The van der Waals surface area contributed by atoms with Crippen molar-refractivity contribution in [3.8, 4) is 0 Å². The molecule has 112 valence electrons. The molecule has 2 aromatic rings. The number of aromatic nitrogens is 4. The second-order valence-electron chi connectivity index (χ2n) is 4.62. The number of rotatable bonds is 5. The van der Waals surface area contributed by atoms with Crippen LogP contribution in [0.2, 0.25) is 0 Å². The summed E-state index contributed by atoms with van der Waals surface area (Å²) in [4.78, 5) is 24.1. The molecule has 0 aliphatic carbocycles. The molecule has 0 aliphatic rings. The zero-order chi connectivity index (χ0) is 15.6. The van der Waals surface area contributed by atoms with Crippen LogP contribution in [0.15, 0.2) is 18.5 Å². The second kappa shape index (κ2) is 5.73. The molecule has 9 heteroatoms. The van der Waals surface area contributed by atoms with Crippen LogP contribution >= 0.6 is 0 Å². The molecule has 0 N–H and O–H groups in total. The molecule has 0 radical (unpaired) electrons. The van der Waals surface area contributed by atoms with Gasteiger partial charge in [0, 0.05) is 26.8 Å². The third kappa shape index (κ3) is 3.07. The van der Waals surface area contributed by atoms with Crippen LogP contribution in [0.3, 0.4) is 0 Å². The monoisotopic (exact) mass is 292 g/mol. The molecule has 1 amide bonds. The number of nitro groups is 1. The van der Waals surface area contributed by atoms with Crippen LogP contribution in [0, 0.1) is 10.1 Å². The lowest BCUT2D eigenvalue weighted by Crippen LogP contribution is -2.27. The van der Waals surface area contributed by atoms with Gasteiger partial charge in [0.05, 0.1) is 17.2 Å². The molecule has 0 aliphatic heterocycles. The standard InChI is InChI=1S/C12H16N6O3/c1-4-17-8-10(18(20)21)11(14-17)12(19)15(2)7-9-5-6-16(3)13-9/h5-6,8H,4,7H2,1-3H3. The topological polar surface area (TPSA) is 99.1 Å². The van der Waals surface area contributed by atoms with Crippen molar-refractivity contribution in [2.75, 3.05) is 7.05 Å². The number of carbonyl (C=O) groups excluding carboxylic acids is 1. The highest BCUT2D eigenvalue weighted by Gasteiger charge is 2.27.